The molecule has 0 bridgehead atoms. The van der Waals surface area contributed by atoms with Gasteiger partial charge in [-0.2, -0.15) is 0 Å². The van der Waals surface area contributed by atoms with Crippen LogP contribution in [0.1, 0.15) is 18.5 Å². The Balaban J connectivity index is 1.80. The Bertz CT molecular complexity index is 1010. The number of nitrogens with zero attached hydrogens (tertiary/aromatic N) is 2. The van der Waals surface area contributed by atoms with Gasteiger partial charge < -0.3 is 5.32 Å². The Morgan fingerprint density at radius 1 is 1.12 bits per heavy atom. The van der Waals surface area contributed by atoms with E-state index in [4.69, 9.17) is 23.2 Å². The highest BCUT2D eigenvalue weighted by Crippen LogP contribution is 2.25. The zero-order valence-corrected chi connectivity index (χ0v) is 15.3. The van der Waals surface area contributed by atoms with E-state index < -0.39 is 0 Å². The van der Waals surface area contributed by atoms with Crippen LogP contribution in [0.4, 0.5) is 0 Å². The first-order valence-electron chi connectivity index (χ1n) is 7.77. The van der Waals surface area contributed by atoms with E-state index in [-0.39, 0.29) is 24.2 Å². The predicted molar refractivity (Wildman–Crippen MR) is 100 cm³/mol. The number of aryl methyl sites for hydroxylation is 1. The number of imidazole rings is 1. The van der Waals surface area contributed by atoms with E-state index in [1.165, 1.54) is 9.13 Å². The standard InChI is InChI=1S/C18H17Cl2N3O2/c1-11(12-7-8-13(19)14(20)9-12)21-17(24)10-23-16-6-4-3-5-15(16)22(2)18(23)25/h3-9,11H,10H2,1-2H3,(H,21,24)/t11-/m1/s1. The number of amides is 1. The predicted octanol–water partition coefficient (Wildman–Crippen LogP) is 3.52. The molecule has 1 atom stereocenters. The molecule has 0 aliphatic rings. The van der Waals surface area contributed by atoms with E-state index in [1.807, 2.05) is 37.3 Å². The number of nitrogens with one attached hydrogen (secondary N) is 1. The van der Waals surface area contributed by atoms with Gasteiger partial charge in [0.15, 0.2) is 0 Å². The SMILES string of the molecule is C[C@@H](NC(=O)Cn1c(=O)n(C)c2ccccc21)c1ccc(Cl)c(Cl)c1. The topological polar surface area (TPSA) is 56.0 Å². The van der Waals surface area contributed by atoms with Gasteiger partial charge in [0.1, 0.15) is 6.54 Å². The lowest BCUT2D eigenvalue weighted by Gasteiger charge is -2.15. The summed E-state index contributed by atoms with van der Waals surface area (Å²) in [6.07, 6.45) is 0. The van der Waals surface area contributed by atoms with Gasteiger partial charge in [0, 0.05) is 7.05 Å². The van der Waals surface area contributed by atoms with Crippen molar-refractivity contribution in [2.75, 3.05) is 0 Å². The summed E-state index contributed by atoms with van der Waals surface area (Å²) in [4.78, 5) is 24.8. The molecule has 0 unspecified atom stereocenters. The van der Waals surface area contributed by atoms with Crippen molar-refractivity contribution in [3.8, 4) is 0 Å². The average Bonchev–Trinajstić information content (AvgIpc) is 2.82. The lowest BCUT2D eigenvalue weighted by atomic mass is 10.1. The van der Waals surface area contributed by atoms with Crippen molar-refractivity contribution in [2.45, 2.75) is 19.5 Å². The van der Waals surface area contributed by atoms with Crippen LogP contribution < -0.4 is 11.0 Å². The maximum Gasteiger partial charge on any atom is 0.329 e. The first-order valence-corrected chi connectivity index (χ1v) is 8.52. The maximum atomic E-state index is 12.4. The number of halogens is 2. The lowest BCUT2D eigenvalue weighted by Crippen LogP contribution is -2.34. The Kier molecular flexibility index (Phi) is 4.88. The summed E-state index contributed by atoms with van der Waals surface area (Å²) in [7, 11) is 1.69. The van der Waals surface area contributed by atoms with Crippen LogP contribution in [-0.4, -0.2) is 15.0 Å². The summed E-state index contributed by atoms with van der Waals surface area (Å²) in [5.41, 5.74) is 2.14. The van der Waals surface area contributed by atoms with Gasteiger partial charge in [0.05, 0.1) is 27.1 Å². The summed E-state index contributed by atoms with van der Waals surface area (Å²) in [6, 6.07) is 12.3. The molecule has 0 saturated heterocycles. The van der Waals surface area contributed by atoms with Gasteiger partial charge >= 0.3 is 5.69 Å². The molecule has 3 aromatic rings. The molecule has 1 N–H and O–H groups in total. The fraction of sp³-hybridized carbons (Fsp3) is 0.222. The van der Waals surface area contributed by atoms with Crippen molar-refractivity contribution in [1.29, 1.82) is 0 Å². The summed E-state index contributed by atoms with van der Waals surface area (Å²) < 4.78 is 3.00. The number of hydrogen-bond acceptors (Lipinski definition) is 2. The number of carbonyl (C=O) groups excluding carboxylic acids is 1. The van der Waals surface area contributed by atoms with Crippen LogP contribution in [0.25, 0.3) is 11.0 Å². The summed E-state index contributed by atoms with van der Waals surface area (Å²) in [5.74, 6) is -0.253. The molecule has 0 radical (unpaired) electrons. The van der Waals surface area contributed by atoms with Crippen molar-refractivity contribution in [1.82, 2.24) is 14.5 Å². The van der Waals surface area contributed by atoms with E-state index in [1.54, 1.807) is 19.2 Å². The molecule has 25 heavy (non-hydrogen) atoms. The van der Waals surface area contributed by atoms with Crippen molar-refractivity contribution < 1.29 is 4.79 Å². The fourth-order valence-electron chi connectivity index (χ4n) is 2.81. The Labute approximate surface area is 154 Å². The second-order valence-corrected chi connectivity index (χ2v) is 6.69. The first kappa shape index (κ1) is 17.6. The molecule has 2 aromatic carbocycles. The fourth-order valence-corrected chi connectivity index (χ4v) is 3.12. The van der Waals surface area contributed by atoms with E-state index in [9.17, 15) is 9.59 Å². The minimum atomic E-state index is -0.257. The number of benzene rings is 2. The third-order valence-electron chi connectivity index (χ3n) is 4.17. The van der Waals surface area contributed by atoms with Gasteiger partial charge in [-0.3, -0.25) is 13.9 Å². The van der Waals surface area contributed by atoms with Crippen LogP contribution in [0, 0.1) is 0 Å². The van der Waals surface area contributed by atoms with Gasteiger partial charge in [0.25, 0.3) is 0 Å². The molecule has 0 spiro atoms. The highest BCUT2D eigenvalue weighted by Gasteiger charge is 2.15. The van der Waals surface area contributed by atoms with E-state index >= 15 is 0 Å². The minimum absolute atomic E-state index is 0.0498. The molecule has 130 valence electrons. The normalized spacial score (nSPS) is 12.3. The van der Waals surface area contributed by atoms with Crippen LogP contribution in [0.5, 0.6) is 0 Å². The van der Waals surface area contributed by atoms with E-state index in [0.717, 1.165) is 16.6 Å². The van der Waals surface area contributed by atoms with E-state index in [0.29, 0.717) is 10.0 Å². The minimum Gasteiger partial charge on any atom is -0.348 e. The van der Waals surface area contributed by atoms with Crippen LogP contribution >= 0.6 is 23.2 Å². The van der Waals surface area contributed by atoms with Crippen LogP contribution in [0.2, 0.25) is 10.0 Å². The molecule has 7 heteroatoms. The van der Waals surface area contributed by atoms with Crippen LogP contribution in [0.15, 0.2) is 47.3 Å². The molecular weight excluding hydrogens is 361 g/mol. The third kappa shape index (κ3) is 3.43. The number of carbonyl (C=O) groups is 1. The molecule has 0 aliphatic heterocycles. The van der Waals surface area contributed by atoms with Crippen molar-refractivity contribution in [2.24, 2.45) is 7.05 Å². The van der Waals surface area contributed by atoms with Gasteiger partial charge in [0.2, 0.25) is 5.91 Å². The van der Waals surface area contributed by atoms with Crippen LogP contribution in [0.3, 0.4) is 0 Å². The second-order valence-electron chi connectivity index (χ2n) is 5.88. The van der Waals surface area contributed by atoms with Gasteiger partial charge in [-0.1, -0.05) is 41.4 Å². The molecule has 5 nitrogen and oxygen atoms in total. The molecule has 3 rings (SSSR count). The summed E-state index contributed by atoms with van der Waals surface area (Å²) >= 11 is 11.9. The largest absolute Gasteiger partial charge is 0.348 e. The first-order chi connectivity index (χ1) is 11.9. The number of rotatable bonds is 4. The van der Waals surface area contributed by atoms with Gasteiger partial charge in [-0.15, -0.1) is 0 Å². The van der Waals surface area contributed by atoms with Crippen LogP contribution in [-0.2, 0) is 18.4 Å². The highest BCUT2D eigenvalue weighted by atomic mass is 35.5. The molecule has 0 saturated carbocycles. The Morgan fingerprint density at radius 2 is 1.80 bits per heavy atom. The zero-order valence-electron chi connectivity index (χ0n) is 13.8. The number of para-hydroxylation sites is 2. The molecule has 1 aromatic heterocycles. The van der Waals surface area contributed by atoms with Crippen molar-refractivity contribution in [3.05, 3.63) is 68.6 Å². The summed E-state index contributed by atoms with van der Waals surface area (Å²) in [6.45, 7) is 1.80. The molecule has 0 aliphatic carbocycles. The number of aromatic nitrogens is 2. The lowest BCUT2D eigenvalue weighted by molar-refractivity contribution is -0.122. The second kappa shape index (κ2) is 6.94. The smallest absolute Gasteiger partial charge is 0.329 e. The summed E-state index contributed by atoms with van der Waals surface area (Å²) in [5, 5.41) is 3.78. The molecule has 1 amide bonds. The molecule has 1 heterocycles. The van der Waals surface area contributed by atoms with E-state index in [2.05, 4.69) is 5.32 Å². The Morgan fingerprint density at radius 3 is 2.48 bits per heavy atom. The third-order valence-corrected chi connectivity index (χ3v) is 4.91. The molecular formula is C18H17Cl2N3O2. The zero-order chi connectivity index (χ0) is 18.1. The number of hydrogen-bond donors (Lipinski definition) is 1. The average molecular weight is 378 g/mol. The van der Waals surface area contributed by atoms with Crippen molar-refractivity contribution in [3.63, 3.8) is 0 Å². The highest BCUT2D eigenvalue weighted by molar-refractivity contribution is 6.42. The van der Waals surface area contributed by atoms with Crippen molar-refractivity contribution >= 4 is 40.1 Å². The molecule has 0 fully saturated rings. The van der Waals surface area contributed by atoms with Gasteiger partial charge in [-0.25, -0.2) is 4.79 Å². The number of fused-ring (bicyclic) bond motifs is 1. The quantitative estimate of drug-likeness (QED) is 0.755. The monoisotopic (exact) mass is 377 g/mol. The maximum absolute atomic E-state index is 12.4. The van der Waals surface area contributed by atoms with Gasteiger partial charge in [-0.05, 0) is 36.8 Å². The Hall–Kier alpha value is -2.24.